The smallest absolute Gasteiger partial charge is 0.407 e. The Bertz CT molecular complexity index is 3230. The van der Waals surface area contributed by atoms with Crippen LogP contribution in [0.2, 0.25) is 10.0 Å². The monoisotopic (exact) mass is 1280 g/mol. The van der Waals surface area contributed by atoms with Crippen LogP contribution < -0.4 is 28.7 Å². The lowest BCUT2D eigenvalue weighted by Crippen LogP contribution is -2.49. The van der Waals surface area contributed by atoms with Crippen molar-refractivity contribution in [2.24, 2.45) is 23.7 Å². The molecule has 2 spiro atoms. The molecule has 86 heavy (non-hydrogen) atoms. The number of sulfonamides is 2. The van der Waals surface area contributed by atoms with Gasteiger partial charge in [0.15, 0.2) is 10.5 Å². The van der Waals surface area contributed by atoms with Gasteiger partial charge >= 0.3 is 12.4 Å². The number of nitrogens with one attached hydrogen (secondary N) is 2. The summed E-state index contributed by atoms with van der Waals surface area (Å²) < 4.78 is 151. The first kappa shape index (κ1) is 62.6. The zero-order valence-corrected chi connectivity index (χ0v) is 50.6. The third-order valence-electron chi connectivity index (χ3n) is 19.8. The Morgan fingerprint density at radius 1 is 0.523 bits per heavy atom. The molecule has 4 aliphatic carbocycles. The van der Waals surface area contributed by atoms with Crippen molar-refractivity contribution in [1.82, 2.24) is 9.44 Å². The van der Waals surface area contributed by atoms with Crippen molar-refractivity contribution in [1.29, 1.82) is 0 Å². The topological polar surface area (TPSA) is 192 Å². The minimum absolute atomic E-state index is 0.0115. The number of aliphatic hydroxyl groups is 2. The molecular formula is C62H72Cl2F6N4O10S2. The number of aryl methyl sites for hydroxylation is 2. The Hall–Kier alpha value is -5.00. The molecule has 4 bridgehead atoms. The van der Waals surface area contributed by atoms with Crippen molar-refractivity contribution in [2.45, 2.75) is 161 Å². The quantitative estimate of drug-likeness (QED) is 0.122. The second-order valence-electron chi connectivity index (χ2n) is 25.3. The second-order valence-corrected chi connectivity index (χ2v) is 29.9. The van der Waals surface area contributed by atoms with Gasteiger partial charge in [-0.25, -0.2) is 26.3 Å². The number of alkyl halides is 6. The predicted octanol–water partition coefficient (Wildman–Crippen LogP) is 11.5. The number of ether oxygens (including phenoxy) is 2. The number of halogens is 8. The van der Waals surface area contributed by atoms with Crippen molar-refractivity contribution in [3.63, 3.8) is 0 Å². The molecule has 0 radical (unpaired) electrons. The summed E-state index contributed by atoms with van der Waals surface area (Å²) in [5, 5.41) is 18.0. The molecule has 4 N–H and O–H groups in total. The highest BCUT2D eigenvalue weighted by molar-refractivity contribution is 7.91. The Morgan fingerprint density at radius 2 is 0.919 bits per heavy atom. The Labute approximate surface area is 507 Å². The Balaban J connectivity index is 0.000000179. The van der Waals surface area contributed by atoms with E-state index in [9.17, 15) is 63.0 Å². The van der Waals surface area contributed by atoms with Gasteiger partial charge in [0.2, 0.25) is 20.0 Å². The normalized spacial score (nSPS) is 31.1. The van der Waals surface area contributed by atoms with Gasteiger partial charge in [-0.2, -0.15) is 26.3 Å². The van der Waals surface area contributed by atoms with Crippen LogP contribution in [0.3, 0.4) is 0 Å². The van der Waals surface area contributed by atoms with Gasteiger partial charge < -0.3 is 29.5 Å². The maximum absolute atomic E-state index is 13.9. The standard InChI is InChI=1S/2C31H36ClF3N2O5S/c2*32-22-9-11-24-19(14-22)4-3-13-30(24)17-37-16-21-7-10-23(21)26(38)5-1-2-6-28(31(33,34)35)43(40,41)36-29(39)20-8-12-27(42-18-30)25(37)15-20/h2*8-9,11-12,14-15,21,23,26,28,38H,1-7,10,13,16-18H2,(H,36,39)/t21-,23+,26-,28+,30-;21-,23+,26-,28-,30-/m00/s1. The largest absolute Gasteiger partial charge is 0.490 e. The van der Waals surface area contributed by atoms with Gasteiger partial charge in [-0.05, 0) is 196 Å². The molecule has 0 saturated heterocycles. The second kappa shape index (κ2) is 24.4. The predicted molar refractivity (Wildman–Crippen MR) is 314 cm³/mol. The van der Waals surface area contributed by atoms with Crippen molar-refractivity contribution in [2.75, 3.05) is 49.2 Å². The molecule has 2 fully saturated rings. The molecule has 0 aromatic heterocycles. The van der Waals surface area contributed by atoms with Gasteiger partial charge in [0.25, 0.3) is 11.8 Å². The number of amides is 2. The summed E-state index contributed by atoms with van der Waals surface area (Å²) in [7, 11) is -10.1. The summed E-state index contributed by atoms with van der Waals surface area (Å²) in [6, 6.07) is 20.9. The maximum atomic E-state index is 13.9. The maximum Gasteiger partial charge on any atom is 0.407 e. The number of hydrogen-bond acceptors (Lipinski definition) is 12. The van der Waals surface area contributed by atoms with Crippen LogP contribution in [-0.2, 0) is 43.7 Å². The third-order valence-corrected chi connectivity index (χ3v) is 23.7. The lowest BCUT2D eigenvalue weighted by Gasteiger charge is -2.45. The third kappa shape index (κ3) is 12.9. The molecule has 24 heteroatoms. The van der Waals surface area contributed by atoms with E-state index < -0.39 is 79.8 Å². The van der Waals surface area contributed by atoms with E-state index in [1.165, 1.54) is 35.4 Å². The molecule has 14 nitrogen and oxygen atoms in total. The number of anilines is 2. The molecule has 4 aromatic rings. The molecule has 8 aliphatic rings. The number of benzene rings is 4. The zero-order chi connectivity index (χ0) is 61.1. The van der Waals surface area contributed by atoms with Gasteiger partial charge in [-0.1, -0.05) is 61.0 Å². The van der Waals surface area contributed by atoms with Crippen LogP contribution in [0.1, 0.15) is 146 Å². The molecule has 2 amide bonds. The van der Waals surface area contributed by atoms with Crippen molar-refractivity contribution in [3.05, 3.63) is 116 Å². The number of fused-ring (bicyclic) bond motifs is 8. The van der Waals surface area contributed by atoms with Crippen LogP contribution >= 0.6 is 23.2 Å². The minimum Gasteiger partial charge on any atom is -0.490 e. The van der Waals surface area contributed by atoms with Crippen LogP contribution in [0.15, 0.2) is 72.8 Å². The first-order valence-corrected chi connectivity index (χ1v) is 33.8. The van der Waals surface area contributed by atoms with Crippen LogP contribution in [0.4, 0.5) is 37.7 Å². The van der Waals surface area contributed by atoms with E-state index in [1.54, 1.807) is 21.6 Å². The number of hydrogen-bond donors (Lipinski definition) is 4. The van der Waals surface area contributed by atoms with E-state index in [0.717, 1.165) is 75.3 Å². The molecule has 0 unspecified atom stereocenters. The summed E-state index contributed by atoms with van der Waals surface area (Å²) in [4.78, 5) is 30.7. The molecule has 10 atom stereocenters. The highest BCUT2D eigenvalue weighted by atomic mass is 35.5. The summed E-state index contributed by atoms with van der Waals surface area (Å²) in [5.41, 5.74) is 4.95. The van der Waals surface area contributed by atoms with E-state index in [1.807, 2.05) is 24.3 Å². The molecular weight excluding hydrogens is 1210 g/mol. The van der Waals surface area contributed by atoms with Crippen LogP contribution in [-0.4, -0.2) is 113 Å². The summed E-state index contributed by atoms with van der Waals surface area (Å²) in [6.07, 6.45) is -2.97. The number of carbonyl (C=O) groups is 2. The Morgan fingerprint density at radius 3 is 1.29 bits per heavy atom. The SMILES string of the molecule is O=C1NS(=O)(=O)[C@@H](C(F)(F)F)CCCC[C@H](O)[C@@H]2CC[C@H]2CN2C[C@@]3(CCCc4cc(Cl)ccc43)COc3ccc1cc32.O=C1NS(=O)(=O)[C@H](C(F)(F)F)CCCC[C@H](O)[C@@H]2CC[C@H]2CN2C[C@@]3(CCCc4cc(Cl)ccc43)COc3ccc1cc32. The molecule has 4 heterocycles. The highest BCUT2D eigenvalue weighted by Gasteiger charge is 2.52. The number of rotatable bonds is 0. The van der Waals surface area contributed by atoms with Gasteiger partial charge in [0, 0.05) is 58.2 Å². The lowest BCUT2D eigenvalue weighted by molar-refractivity contribution is -0.132. The number of aliphatic hydroxyl groups excluding tert-OH is 2. The fourth-order valence-corrected chi connectivity index (χ4v) is 18.1. The number of nitrogens with zero attached hydrogens (tertiary/aromatic N) is 2. The van der Waals surface area contributed by atoms with E-state index in [4.69, 9.17) is 32.7 Å². The fraction of sp³-hybridized carbons (Fsp3) is 0.581. The van der Waals surface area contributed by atoms with Gasteiger partial charge in [0.05, 0.1) is 36.8 Å². The van der Waals surface area contributed by atoms with Crippen LogP contribution in [0.25, 0.3) is 0 Å². The molecule has 468 valence electrons. The number of carbonyl (C=O) groups excluding carboxylic acids is 2. The molecule has 2 saturated carbocycles. The highest BCUT2D eigenvalue weighted by Crippen LogP contribution is 2.50. The van der Waals surface area contributed by atoms with Crippen LogP contribution in [0.5, 0.6) is 11.5 Å². The van der Waals surface area contributed by atoms with Crippen molar-refractivity contribution >= 4 is 66.4 Å². The fourth-order valence-electron chi connectivity index (χ4n) is 15.0. The van der Waals surface area contributed by atoms with Gasteiger partial charge in [0.1, 0.15) is 11.5 Å². The molecule has 4 aromatic carbocycles. The average molecular weight is 1280 g/mol. The zero-order valence-electron chi connectivity index (χ0n) is 47.4. The lowest BCUT2D eigenvalue weighted by atomic mass is 9.68. The van der Waals surface area contributed by atoms with E-state index >= 15 is 0 Å². The first-order valence-electron chi connectivity index (χ1n) is 30.0. The molecule has 12 rings (SSSR count). The van der Waals surface area contributed by atoms with E-state index in [2.05, 4.69) is 21.9 Å². The molecule has 4 aliphatic heterocycles. The van der Waals surface area contributed by atoms with Crippen LogP contribution in [0, 0.1) is 23.7 Å². The summed E-state index contributed by atoms with van der Waals surface area (Å²) >= 11 is 12.7. The first-order chi connectivity index (χ1) is 40.7. The van der Waals surface area contributed by atoms with E-state index in [0.29, 0.717) is 85.2 Å². The van der Waals surface area contributed by atoms with E-state index in [-0.39, 0.29) is 71.3 Å². The van der Waals surface area contributed by atoms with Gasteiger partial charge in [-0.15, -0.1) is 0 Å². The van der Waals surface area contributed by atoms with Crippen molar-refractivity contribution < 1.29 is 72.5 Å². The minimum atomic E-state index is -5.07. The van der Waals surface area contributed by atoms with Gasteiger partial charge in [-0.3, -0.25) is 9.59 Å². The average Bonchev–Trinajstić information content (AvgIpc) is 1.77. The van der Waals surface area contributed by atoms with Crippen molar-refractivity contribution in [3.8, 4) is 11.5 Å². The Kier molecular flexibility index (Phi) is 17.8. The summed E-state index contributed by atoms with van der Waals surface area (Å²) in [6.45, 7) is 3.09. The summed E-state index contributed by atoms with van der Waals surface area (Å²) in [5.74, 6) is -0.911.